The molecule has 1 heterocycles. The Morgan fingerprint density at radius 2 is 2.00 bits per heavy atom. The standard InChI is InChI=1S/C9H14N4O2/c1-12-7(8(11)14)6(5-10)9(15)13-3-2-4-13/h5H,2-4,10H2,1H3,(H2,11,14). The van der Waals surface area contributed by atoms with Crippen molar-refractivity contribution in [2.45, 2.75) is 6.42 Å². The summed E-state index contributed by atoms with van der Waals surface area (Å²) in [5.41, 5.74) is 10.4. The highest BCUT2D eigenvalue weighted by Crippen LogP contribution is 2.11. The molecule has 1 fully saturated rings. The average molecular weight is 210 g/mol. The summed E-state index contributed by atoms with van der Waals surface area (Å²) in [6.07, 6.45) is 2.05. The van der Waals surface area contributed by atoms with Gasteiger partial charge in [-0.05, 0) is 6.42 Å². The molecule has 0 saturated carbocycles. The molecule has 15 heavy (non-hydrogen) atoms. The number of carbonyl (C=O) groups excluding carboxylic acids is 2. The summed E-state index contributed by atoms with van der Waals surface area (Å²) in [6, 6.07) is 0. The van der Waals surface area contributed by atoms with Crippen LogP contribution in [0, 0.1) is 0 Å². The largest absolute Gasteiger partial charge is 0.404 e. The van der Waals surface area contributed by atoms with Crippen molar-refractivity contribution in [2.75, 3.05) is 20.1 Å². The molecule has 2 amide bonds. The molecule has 1 saturated heterocycles. The van der Waals surface area contributed by atoms with Crippen LogP contribution >= 0.6 is 0 Å². The minimum Gasteiger partial charge on any atom is -0.404 e. The van der Waals surface area contributed by atoms with E-state index in [4.69, 9.17) is 11.5 Å². The third-order valence-corrected chi connectivity index (χ3v) is 2.25. The maximum atomic E-state index is 11.8. The molecule has 0 bridgehead atoms. The SMILES string of the molecule is CN=C(C(N)=O)C(=CN)C(=O)N1CCC1. The second kappa shape index (κ2) is 4.59. The van der Waals surface area contributed by atoms with Gasteiger partial charge < -0.3 is 16.4 Å². The Bertz CT molecular complexity index is 342. The van der Waals surface area contributed by atoms with Crippen LogP contribution in [0.4, 0.5) is 0 Å². The van der Waals surface area contributed by atoms with Crippen molar-refractivity contribution in [3.8, 4) is 0 Å². The lowest BCUT2D eigenvalue weighted by Gasteiger charge is -2.31. The number of primary amides is 1. The molecular formula is C9H14N4O2. The Labute approximate surface area is 87.6 Å². The summed E-state index contributed by atoms with van der Waals surface area (Å²) in [6.45, 7) is 1.37. The second-order valence-electron chi connectivity index (χ2n) is 3.16. The van der Waals surface area contributed by atoms with Gasteiger partial charge in [-0.3, -0.25) is 14.6 Å². The lowest BCUT2D eigenvalue weighted by molar-refractivity contribution is -0.130. The normalized spacial score (nSPS) is 17.3. The summed E-state index contributed by atoms with van der Waals surface area (Å²) in [5, 5.41) is 0. The van der Waals surface area contributed by atoms with Crippen LogP contribution in [0.1, 0.15) is 6.42 Å². The highest BCUT2D eigenvalue weighted by atomic mass is 16.2. The summed E-state index contributed by atoms with van der Waals surface area (Å²) < 4.78 is 0. The van der Waals surface area contributed by atoms with E-state index >= 15 is 0 Å². The topological polar surface area (TPSA) is 102 Å². The van der Waals surface area contributed by atoms with E-state index < -0.39 is 5.91 Å². The van der Waals surface area contributed by atoms with Crippen molar-refractivity contribution in [1.29, 1.82) is 0 Å². The first-order valence-electron chi connectivity index (χ1n) is 4.60. The summed E-state index contributed by atoms with van der Waals surface area (Å²) in [7, 11) is 1.40. The first-order chi connectivity index (χ1) is 7.11. The van der Waals surface area contributed by atoms with Crippen molar-refractivity contribution in [3.05, 3.63) is 11.8 Å². The summed E-state index contributed by atoms with van der Waals surface area (Å²) >= 11 is 0. The van der Waals surface area contributed by atoms with Gasteiger partial charge in [0, 0.05) is 26.3 Å². The van der Waals surface area contributed by atoms with E-state index in [0.29, 0.717) is 13.1 Å². The quantitative estimate of drug-likeness (QED) is 0.443. The molecule has 82 valence electrons. The lowest BCUT2D eigenvalue weighted by atomic mass is 10.1. The van der Waals surface area contributed by atoms with Crippen LogP contribution in [-0.4, -0.2) is 42.6 Å². The number of amides is 2. The van der Waals surface area contributed by atoms with Crippen molar-refractivity contribution < 1.29 is 9.59 Å². The number of likely N-dealkylation sites (tertiary alicyclic amines) is 1. The Kier molecular flexibility index (Phi) is 3.43. The number of hydrogen-bond acceptors (Lipinski definition) is 4. The third kappa shape index (κ3) is 2.15. The zero-order valence-corrected chi connectivity index (χ0v) is 8.56. The van der Waals surface area contributed by atoms with Gasteiger partial charge >= 0.3 is 0 Å². The minimum absolute atomic E-state index is 0.0738. The Morgan fingerprint density at radius 3 is 2.27 bits per heavy atom. The molecule has 1 aliphatic rings. The zero-order chi connectivity index (χ0) is 11.4. The fraction of sp³-hybridized carbons (Fsp3) is 0.444. The molecule has 6 heteroatoms. The number of carbonyl (C=O) groups is 2. The van der Waals surface area contributed by atoms with Gasteiger partial charge in [-0.2, -0.15) is 0 Å². The van der Waals surface area contributed by atoms with E-state index in [1.54, 1.807) is 4.90 Å². The van der Waals surface area contributed by atoms with Crippen molar-refractivity contribution >= 4 is 17.5 Å². The van der Waals surface area contributed by atoms with Gasteiger partial charge in [0.05, 0.1) is 5.57 Å². The number of nitrogens with two attached hydrogens (primary N) is 2. The van der Waals surface area contributed by atoms with Crippen LogP contribution in [0.5, 0.6) is 0 Å². The molecular weight excluding hydrogens is 196 g/mol. The molecule has 6 nitrogen and oxygen atoms in total. The third-order valence-electron chi connectivity index (χ3n) is 2.25. The maximum Gasteiger partial charge on any atom is 0.267 e. The van der Waals surface area contributed by atoms with Gasteiger partial charge in [-0.25, -0.2) is 0 Å². The number of aliphatic imine (C=N–C) groups is 1. The summed E-state index contributed by atoms with van der Waals surface area (Å²) in [4.78, 5) is 28.0. The van der Waals surface area contributed by atoms with E-state index in [9.17, 15) is 9.59 Å². The highest BCUT2D eigenvalue weighted by Gasteiger charge is 2.27. The molecule has 0 aliphatic carbocycles. The van der Waals surface area contributed by atoms with Gasteiger partial charge in [-0.15, -0.1) is 0 Å². The molecule has 0 aromatic rings. The van der Waals surface area contributed by atoms with Crippen molar-refractivity contribution in [1.82, 2.24) is 4.90 Å². The van der Waals surface area contributed by atoms with Gasteiger partial charge in [-0.1, -0.05) is 0 Å². The van der Waals surface area contributed by atoms with Crippen LogP contribution in [0.3, 0.4) is 0 Å². The van der Waals surface area contributed by atoms with Crippen LogP contribution in [-0.2, 0) is 9.59 Å². The van der Waals surface area contributed by atoms with Crippen molar-refractivity contribution in [3.63, 3.8) is 0 Å². The molecule has 0 radical (unpaired) electrons. The summed E-state index contributed by atoms with van der Waals surface area (Å²) in [5.74, 6) is -1.04. The van der Waals surface area contributed by atoms with E-state index in [0.717, 1.165) is 12.6 Å². The van der Waals surface area contributed by atoms with E-state index in [1.807, 2.05) is 0 Å². The molecule has 4 N–H and O–H groups in total. The fourth-order valence-electron chi connectivity index (χ4n) is 1.30. The predicted molar refractivity (Wildman–Crippen MR) is 56.0 cm³/mol. The molecule has 0 unspecified atom stereocenters. The van der Waals surface area contributed by atoms with Gasteiger partial charge in [0.2, 0.25) is 0 Å². The molecule has 1 rings (SSSR count). The molecule has 0 spiro atoms. The van der Waals surface area contributed by atoms with Gasteiger partial charge in [0.25, 0.3) is 11.8 Å². The zero-order valence-electron chi connectivity index (χ0n) is 8.56. The second-order valence-corrected chi connectivity index (χ2v) is 3.16. The van der Waals surface area contributed by atoms with Crippen LogP contribution in [0.2, 0.25) is 0 Å². The first kappa shape index (κ1) is 11.2. The molecule has 1 aliphatic heterocycles. The number of hydrogen-bond donors (Lipinski definition) is 2. The minimum atomic E-state index is -0.747. The average Bonchev–Trinajstić information content (AvgIpc) is 2.09. The van der Waals surface area contributed by atoms with Crippen LogP contribution < -0.4 is 11.5 Å². The number of rotatable bonds is 3. The first-order valence-corrected chi connectivity index (χ1v) is 4.60. The Hall–Kier alpha value is -1.85. The van der Waals surface area contributed by atoms with Crippen molar-refractivity contribution in [2.24, 2.45) is 16.5 Å². The highest BCUT2D eigenvalue weighted by molar-refractivity contribution is 6.50. The molecule has 0 aromatic carbocycles. The van der Waals surface area contributed by atoms with Gasteiger partial charge in [0.15, 0.2) is 0 Å². The van der Waals surface area contributed by atoms with Crippen LogP contribution in [0.25, 0.3) is 0 Å². The van der Waals surface area contributed by atoms with E-state index in [2.05, 4.69) is 4.99 Å². The van der Waals surface area contributed by atoms with E-state index in [-0.39, 0.29) is 17.2 Å². The molecule has 0 aromatic heterocycles. The fourth-order valence-corrected chi connectivity index (χ4v) is 1.30. The van der Waals surface area contributed by atoms with Gasteiger partial charge in [0.1, 0.15) is 5.71 Å². The number of nitrogens with zero attached hydrogens (tertiary/aromatic N) is 2. The maximum absolute atomic E-state index is 11.8. The predicted octanol–water partition coefficient (Wildman–Crippen LogP) is -1.38. The Balaban J connectivity index is 2.88. The smallest absolute Gasteiger partial charge is 0.267 e. The van der Waals surface area contributed by atoms with E-state index in [1.165, 1.54) is 7.05 Å². The Morgan fingerprint density at radius 1 is 1.40 bits per heavy atom. The monoisotopic (exact) mass is 210 g/mol. The lowest BCUT2D eigenvalue weighted by Crippen LogP contribution is -2.45. The molecule has 0 atom stereocenters. The van der Waals surface area contributed by atoms with Crippen LogP contribution in [0.15, 0.2) is 16.8 Å².